The summed E-state index contributed by atoms with van der Waals surface area (Å²) in [5.74, 6) is 0.143. The molecule has 1 aromatic heterocycles. The fourth-order valence-electron chi connectivity index (χ4n) is 5.00. The summed E-state index contributed by atoms with van der Waals surface area (Å²) in [5, 5.41) is 8.66. The van der Waals surface area contributed by atoms with Crippen molar-refractivity contribution in [2.45, 2.75) is 79.8 Å². The lowest BCUT2D eigenvalue weighted by Crippen LogP contribution is -2.20. The van der Waals surface area contributed by atoms with Gasteiger partial charge < -0.3 is 0 Å². The molecule has 2 atom stereocenters. The van der Waals surface area contributed by atoms with Gasteiger partial charge in [0.25, 0.3) is 0 Å². The van der Waals surface area contributed by atoms with Crippen molar-refractivity contribution in [2.75, 3.05) is 0 Å². The minimum atomic E-state index is -3.32. The van der Waals surface area contributed by atoms with Gasteiger partial charge in [0.05, 0.1) is 34.7 Å². The molecule has 1 aromatic carbocycles. The summed E-state index contributed by atoms with van der Waals surface area (Å²) < 4.78 is 26.1. The van der Waals surface area contributed by atoms with E-state index in [1.807, 2.05) is 12.1 Å². The number of hydrogen-bond acceptors (Lipinski definition) is 7. The van der Waals surface area contributed by atoms with E-state index >= 15 is 0 Å². The fraction of sp³-hybridized carbons (Fsp3) is 0.500. The zero-order chi connectivity index (χ0) is 23.9. The first-order valence-electron chi connectivity index (χ1n) is 12.0. The molecule has 7 nitrogen and oxygen atoms in total. The lowest BCUT2D eigenvalue weighted by Gasteiger charge is -2.21. The lowest BCUT2D eigenvalue weighted by atomic mass is 9.83. The molecule has 0 bridgehead atoms. The SMILES string of the molecule is N#Cc1cnc(CC(=O)[C@H](C[C@H]2CCC(=O)C2)c2ccc(S(=O)(=O)C3CC3)c(C3CC3)c2)cn1. The van der Waals surface area contributed by atoms with Crippen LogP contribution in [0.1, 0.15) is 85.7 Å². The Morgan fingerprint density at radius 3 is 2.50 bits per heavy atom. The number of rotatable bonds is 9. The summed E-state index contributed by atoms with van der Waals surface area (Å²) in [4.78, 5) is 34.0. The van der Waals surface area contributed by atoms with Crippen molar-refractivity contribution < 1.29 is 18.0 Å². The Balaban J connectivity index is 1.46. The molecule has 0 unspecified atom stereocenters. The van der Waals surface area contributed by atoms with Crippen LogP contribution >= 0.6 is 0 Å². The molecule has 5 rings (SSSR count). The molecule has 0 amide bonds. The van der Waals surface area contributed by atoms with Crippen LogP contribution in [0.2, 0.25) is 0 Å². The molecule has 0 aliphatic heterocycles. The Kier molecular flexibility index (Phi) is 6.07. The molecule has 0 saturated heterocycles. The van der Waals surface area contributed by atoms with Crippen molar-refractivity contribution in [3.8, 4) is 6.07 Å². The largest absolute Gasteiger partial charge is 0.300 e. The van der Waals surface area contributed by atoms with Crippen molar-refractivity contribution >= 4 is 21.4 Å². The summed E-state index contributed by atoms with van der Waals surface area (Å²) >= 11 is 0. The molecular formula is C26H27N3O4S. The van der Waals surface area contributed by atoms with Gasteiger partial charge in [0.1, 0.15) is 17.6 Å². The highest BCUT2D eigenvalue weighted by atomic mass is 32.2. The molecule has 3 fully saturated rings. The first kappa shape index (κ1) is 22.9. The van der Waals surface area contributed by atoms with Gasteiger partial charge in [-0.2, -0.15) is 5.26 Å². The first-order valence-corrected chi connectivity index (χ1v) is 13.5. The average molecular weight is 478 g/mol. The normalized spacial score (nSPS) is 21.3. The third-order valence-electron chi connectivity index (χ3n) is 7.20. The first-order chi connectivity index (χ1) is 16.3. The monoisotopic (exact) mass is 477 g/mol. The van der Waals surface area contributed by atoms with Crippen LogP contribution in [-0.2, 0) is 25.8 Å². The number of carbonyl (C=O) groups is 2. The van der Waals surface area contributed by atoms with Crippen molar-refractivity contribution in [2.24, 2.45) is 5.92 Å². The number of ketones is 2. The molecule has 2 aromatic rings. The van der Waals surface area contributed by atoms with Gasteiger partial charge in [0.2, 0.25) is 0 Å². The van der Waals surface area contributed by atoms with Crippen LogP contribution in [0.4, 0.5) is 0 Å². The van der Waals surface area contributed by atoms with Gasteiger partial charge in [-0.1, -0.05) is 12.1 Å². The van der Waals surface area contributed by atoms with E-state index in [1.165, 1.54) is 12.4 Å². The summed E-state index contributed by atoms with van der Waals surface area (Å²) in [6, 6.07) is 7.37. The van der Waals surface area contributed by atoms with E-state index in [9.17, 15) is 18.0 Å². The molecule has 1 heterocycles. The number of benzene rings is 1. The van der Waals surface area contributed by atoms with Gasteiger partial charge in [0, 0.05) is 18.8 Å². The van der Waals surface area contributed by atoms with Crippen molar-refractivity contribution in [3.05, 3.63) is 53.1 Å². The Hall–Kier alpha value is -2.92. The molecule has 0 radical (unpaired) electrons. The van der Waals surface area contributed by atoms with Gasteiger partial charge in [0.15, 0.2) is 15.5 Å². The highest BCUT2D eigenvalue weighted by Crippen LogP contribution is 2.47. The van der Waals surface area contributed by atoms with Crippen LogP contribution in [0.5, 0.6) is 0 Å². The van der Waals surface area contributed by atoms with E-state index in [1.54, 1.807) is 12.1 Å². The van der Waals surface area contributed by atoms with Crippen molar-refractivity contribution in [1.29, 1.82) is 5.26 Å². The second-order valence-corrected chi connectivity index (χ2v) is 12.1. The van der Waals surface area contributed by atoms with E-state index in [-0.39, 0.29) is 40.8 Å². The van der Waals surface area contributed by atoms with E-state index in [2.05, 4.69) is 9.97 Å². The Bertz CT molecular complexity index is 1270. The van der Waals surface area contributed by atoms with Crippen LogP contribution in [-0.4, -0.2) is 35.2 Å². The van der Waals surface area contributed by atoms with Crippen LogP contribution in [0.25, 0.3) is 0 Å². The van der Waals surface area contributed by atoms with Gasteiger partial charge in [-0.15, -0.1) is 0 Å². The van der Waals surface area contributed by atoms with E-state index < -0.39 is 15.8 Å². The fourth-order valence-corrected chi connectivity index (χ4v) is 6.93. The van der Waals surface area contributed by atoms with Crippen molar-refractivity contribution in [1.82, 2.24) is 9.97 Å². The molecular weight excluding hydrogens is 450 g/mol. The smallest absolute Gasteiger partial charge is 0.181 e. The zero-order valence-corrected chi connectivity index (χ0v) is 19.8. The quantitative estimate of drug-likeness (QED) is 0.539. The van der Waals surface area contributed by atoms with Crippen molar-refractivity contribution in [3.63, 3.8) is 0 Å². The Morgan fingerprint density at radius 2 is 1.91 bits per heavy atom. The maximum Gasteiger partial charge on any atom is 0.181 e. The van der Waals surface area contributed by atoms with Crippen LogP contribution < -0.4 is 0 Å². The minimum absolute atomic E-state index is 0.0297. The lowest BCUT2D eigenvalue weighted by molar-refractivity contribution is -0.121. The highest BCUT2D eigenvalue weighted by Gasteiger charge is 2.41. The second kappa shape index (κ2) is 9.03. The third kappa shape index (κ3) is 4.80. The van der Waals surface area contributed by atoms with Crippen LogP contribution in [0.3, 0.4) is 0 Å². The molecule has 3 aliphatic rings. The minimum Gasteiger partial charge on any atom is -0.300 e. The maximum atomic E-state index is 13.5. The number of nitrogens with zero attached hydrogens (tertiary/aromatic N) is 3. The topological polar surface area (TPSA) is 118 Å². The highest BCUT2D eigenvalue weighted by molar-refractivity contribution is 7.92. The Labute approximate surface area is 199 Å². The molecule has 0 spiro atoms. The molecule has 3 aliphatic carbocycles. The second-order valence-electron chi connectivity index (χ2n) is 9.90. The average Bonchev–Trinajstić information content (AvgIpc) is 3.75. The summed E-state index contributed by atoms with van der Waals surface area (Å²) in [6.07, 6.45) is 8.64. The maximum absolute atomic E-state index is 13.5. The Morgan fingerprint density at radius 1 is 1.12 bits per heavy atom. The molecule has 8 heteroatoms. The van der Waals surface area contributed by atoms with Gasteiger partial charge >= 0.3 is 0 Å². The number of carbonyl (C=O) groups excluding carboxylic acids is 2. The predicted molar refractivity (Wildman–Crippen MR) is 124 cm³/mol. The van der Waals surface area contributed by atoms with Crippen LogP contribution in [0, 0.1) is 17.2 Å². The predicted octanol–water partition coefficient (Wildman–Crippen LogP) is 3.82. The molecule has 0 N–H and O–H groups in total. The van der Waals surface area contributed by atoms with E-state index in [4.69, 9.17) is 5.26 Å². The van der Waals surface area contributed by atoms with E-state index in [0.717, 1.165) is 43.2 Å². The van der Waals surface area contributed by atoms with Crippen LogP contribution in [0.15, 0.2) is 35.5 Å². The zero-order valence-electron chi connectivity index (χ0n) is 18.9. The summed E-state index contributed by atoms with van der Waals surface area (Å²) in [7, 11) is -3.32. The standard InChI is InChI=1S/C26H27N3O4S/c27-13-20-15-28-19(14-29-20)12-25(31)23(10-16-1-5-21(30)9-16)18-4-8-26(24(11-18)17-2-3-17)34(32,33)22-6-7-22/h4,8,11,14-17,22-23H,1-3,5-7,9-10,12H2/t16-,23+/m0/s1. The third-order valence-corrected chi connectivity index (χ3v) is 9.54. The van der Waals surface area contributed by atoms with Gasteiger partial charge in [-0.05, 0) is 67.6 Å². The van der Waals surface area contributed by atoms with E-state index in [0.29, 0.717) is 29.9 Å². The number of Topliss-reactive ketones (excluding diaryl/α,β-unsaturated/α-hetero) is 2. The number of aromatic nitrogens is 2. The number of nitriles is 1. The molecule has 34 heavy (non-hydrogen) atoms. The number of sulfone groups is 1. The summed E-state index contributed by atoms with van der Waals surface area (Å²) in [6.45, 7) is 0. The number of hydrogen-bond donors (Lipinski definition) is 0. The van der Waals surface area contributed by atoms with Gasteiger partial charge in [-0.3, -0.25) is 14.6 Å². The van der Waals surface area contributed by atoms with Gasteiger partial charge in [-0.25, -0.2) is 13.4 Å². The molecule has 3 saturated carbocycles. The molecule has 176 valence electrons. The summed E-state index contributed by atoms with van der Waals surface area (Å²) in [5.41, 5.74) is 2.36.